The number of anilines is 3. The van der Waals surface area contributed by atoms with Crippen LogP contribution in [0.15, 0.2) is 47.4 Å². The summed E-state index contributed by atoms with van der Waals surface area (Å²) < 4.78 is 0. The standard InChI is InChI=1S/C23H24Cl2N4OS2/c24-17-8-5-9-18(25)19(17)20(30)21-22(26)28-23(32-21)27-15-6-4-7-16(14-15)31-13-12-29-10-2-1-3-11-29/h4-9,14H,1-3,10-13,26H2,(H,27,28). The molecule has 4 rings (SSSR count). The molecule has 0 spiro atoms. The van der Waals surface area contributed by atoms with Crippen LogP contribution in [0.25, 0.3) is 0 Å². The molecule has 1 aliphatic rings. The van der Waals surface area contributed by atoms with Crippen LogP contribution in [0.2, 0.25) is 10.0 Å². The average molecular weight is 508 g/mol. The molecule has 0 saturated carbocycles. The molecule has 0 unspecified atom stereocenters. The van der Waals surface area contributed by atoms with E-state index in [4.69, 9.17) is 28.9 Å². The van der Waals surface area contributed by atoms with Crippen LogP contribution >= 0.6 is 46.3 Å². The van der Waals surface area contributed by atoms with E-state index < -0.39 is 0 Å². The van der Waals surface area contributed by atoms with Crippen LogP contribution in [0.3, 0.4) is 0 Å². The first kappa shape index (κ1) is 23.4. The van der Waals surface area contributed by atoms with Crippen molar-refractivity contribution >= 4 is 68.7 Å². The second-order valence-electron chi connectivity index (χ2n) is 7.56. The van der Waals surface area contributed by atoms with Crippen molar-refractivity contribution in [2.24, 2.45) is 0 Å². The number of nitrogens with zero attached hydrogens (tertiary/aromatic N) is 2. The van der Waals surface area contributed by atoms with Gasteiger partial charge in [-0.2, -0.15) is 0 Å². The van der Waals surface area contributed by atoms with Crippen LogP contribution in [-0.2, 0) is 0 Å². The molecule has 0 atom stereocenters. The summed E-state index contributed by atoms with van der Waals surface area (Å²) in [6.07, 6.45) is 3.99. The van der Waals surface area contributed by atoms with Crippen molar-refractivity contribution in [2.75, 3.05) is 36.4 Å². The summed E-state index contributed by atoms with van der Waals surface area (Å²) in [6, 6.07) is 13.1. The molecule has 9 heteroatoms. The first-order valence-electron chi connectivity index (χ1n) is 10.5. The number of halogens is 2. The number of nitrogens with one attached hydrogen (secondary N) is 1. The fraction of sp³-hybridized carbons (Fsp3) is 0.304. The van der Waals surface area contributed by atoms with Crippen molar-refractivity contribution in [1.29, 1.82) is 0 Å². The monoisotopic (exact) mass is 506 g/mol. The van der Waals surface area contributed by atoms with Gasteiger partial charge in [-0.1, -0.05) is 53.1 Å². The van der Waals surface area contributed by atoms with Crippen molar-refractivity contribution in [3.63, 3.8) is 0 Å². The summed E-state index contributed by atoms with van der Waals surface area (Å²) in [6.45, 7) is 3.55. The minimum Gasteiger partial charge on any atom is -0.382 e. The number of carbonyl (C=O) groups excluding carboxylic acids is 1. The van der Waals surface area contributed by atoms with Crippen LogP contribution in [-0.4, -0.2) is 41.1 Å². The third kappa shape index (κ3) is 5.77. The van der Waals surface area contributed by atoms with Crippen LogP contribution in [0.5, 0.6) is 0 Å². The Morgan fingerprint density at radius 3 is 2.59 bits per heavy atom. The van der Waals surface area contributed by atoms with E-state index in [-0.39, 0.29) is 17.2 Å². The number of benzene rings is 2. The Labute approximate surface area is 206 Å². The van der Waals surface area contributed by atoms with Gasteiger partial charge in [0.05, 0.1) is 15.6 Å². The van der Waals surface area contributed by atoms with E-state index in [2.05, 4.69) is 27.3 Å². The molecule has 0 radical (unpaired) electrons. The van der Waals surface area contributed by atoms with E-state index in [9.17, 15) is 4.79 Å². The number of aromatic nitrogens is 1. The van der Waals surface area contributed by atoms with E-state index in [1.54, 1.807) is 18.2 Å². The quantitative estimate of drug-likeness (QED) is 0.265. The molecule has 2 aromatic carbocycles. The van der Waals surface area contributed by atoms with Crippen molar-refractivity contribution in [1.82, 2.24) is 9.88 Å². The van der Waals surface area contributed by atoms with Crippen LogP contribution in [0.4, 0.5) is 16.6 Å². The highest BCUT2D eigenvalue weighted by Crippen LogP contribution is 2.34. The van der Waals surface area contributed by atoms with E-state index in [1.165, 1.54) is 48.6 Å². The highest BCUT2D eigenvalue weighted by atomic mass is 35.5. The average Bonchev–Trinajstić information content (AvgIpc) is 3.14. The molecule has 0 aliphatic carbocycles. The third-order valence-corrected chi connectivity index (χ3v) is 7.85. The maximum atomic E-state index is 13.0. The maximum absolute atomic E-state index is 13.0. The number of nitrogens with two attached hydrogens (primary N) is 1. The maximum Gasteiger partial charge on any atom is 0.209 e. The molecule has 3 aromatic rings. The van der Waals surface area contributed by atoms with Gasteiger partial charge in [-0.05, 0) is 56.3 Å². The van der Waals surface area contributed by atoms with Gasteiger partial charge in [-0.25, -0.2) is 4.98 Å². The summed E-state index contributed by atoms with van der Waals surface area (Å²) >= 11 is 15.4. The number of thioether (sulfide) groups is 1. The highest BCUT2D eigenvalue weighted by Gasteiger charge is 2.22. The number of hydrogen-bond acceptors (Lipinski definition) is 7. The molecule has 1 aromatic heterocycles. The molecule has 1 aliphatic heterocycles. The van der Waals surface area contributed by atoms with Gasteiger partial charge >= 0.3 is 0 Å². The number of hydrogen-bond donors (Lipinski definition) is 2. The van der Waals surface area contributed by atoms with Gasteiger partial charge in [0.2, 0.25) is 5.78 Å². The Hall–Kier alpha value is -1.77. The second-order valence-corrected chi connectivity index (χ2v) is 10.5. The van der Waals surface area contributed by atoms with Crippen molar-refractivity contribution in [3.05, 3.63) is 63.0 Å². The molecular formula is C23H24Cl2N4OS2. The largest absolute Gasteiger partial charge is 0.382 e. The SMILES string of the molecule is Nc1nc(Nc2cccc(SCCN3CCCCC3)c2)sc1C(=O)c1c(Cl)cccc1Cl. The normalized spacial score (nSPS) is 14.4. The zero-order valence-electron chi connectivity index (χ0n) is 17.4. The molecule has 3 N–H and O–H groups in total. The van der Waals surface area contributed by atoms with Gasteiger partial charge in [0.1, 0.15) is 10.7 Å². The topological polar surface area (TPSA) is 71.2 Å². The zero-order chi connectivity index (χ0) is 22.5. The number of thiazole rings is 1. The summed E-state index contributed by atoms with van der Waals surface area (Å²) in [4.78, 5) is 21.3. The second kappa shape index (κ2) is 10.9. The number of ketones is 1. The Balaban J connectivity index is 1.41. The van der Waals surface area contributed by atoms with Gasteiger partial charge in [0.25, 0.3) is 0 Å². The smallest absolute Gasteiger partial charge is 0.209 e. The van der Waals surface area contributed by atoms with Gasteiger partial charge < -0.3 is 16.0 Å². The van der Waals surface area contributed by atoms with Gasteiger partial charge in [-0.15, -0.1) is 11.8 Å². The molecule has 1 fully saturated rings. The molecule has 0 bridgehead atoms. The van der Waals surface area contributed by atoms with Gasteiger partial charge in [-0.3, -0.25) is 4.79 Å². The van der Waals surface area contributed by atoms with Crippen molar-refractivity contribution in [2.45, 2.75) is 24.2 Å². The van der Waals surface area contributed by atoms with Crippen molar-refractivity contribution < 1.29 is 4.79 Å². The number of carbonyl (C=O) groups is 1. The highest BCUT2D eigenvalue weighted by molar-refractivity contribution is 7.99. The van der Waals surface area contributed by atoms with Gasteiger partial charge in [0, 0.05) is 22.9 Å². The minimum absolute atomic E-state index is 0.158. The van der Waals surface area contributed by atoms with Crippen molar-refractivity contribution in [3.8, 4) is 0 Å². The molecule has 32 heavy (non-hydrogen) atoms. The third-order valence-electron chi connectivity index (χ3n) is 5.26. The lowest BCUT2D eigenvalue weighted by atomic mass is 10.1. The van der Waals surface area contributed by atoms with Gasteiger partial charge in [0.15, 0.2) is 5.13 Å². The van der Waals surface area contributed by atoms with Crippen LogP contribution in [0, 0.1) is 0 Å². The minimum atomic E-state index is -0.328. The number of piperidine rings is 1. The summed E-state index contributed by atoms with van der Waals surface area (Å²) in [5, 5.41) is 4.39. The zero-order valence-corrected chi connectivity index (χ0v) is 20.6. The number of rotatable bonds is 8. The Morgan fingerprint density at radius 2 is 1.84 bits per heavy atom. The molecule has 5 nitrogen and oxygen atoms in total. The fourth-order valence-corrected chi connectivity index (χ4v) is 6.03. The lowest BCUT2D eigenvalue weighted by molar-refractivity contribution is 0.104. The lowest BCUT2D eigenvalue weighted by Crippen LogP contribution is -2.31. The Kier molecular flexibility index (Phi) is 7.97. The molecule has 0 amide bonds. The van der Waals surface area contributed by atoms with E-state index in [0.717, 1.165) is 18.0 Å². The molecule has 2 heterocycles. The summed E-state index contributed by atoms with van der Waals surface area (Å²) in [7, 11) is 0. The molecule has 1 saturated heterocycles. The Morgan fingerprint density at radius 1 is 1.12 bits per heavy atom. The summed E-state index contributed by atoms with van der Waals surface area (Å²) in [5.74, 6) is 0.890. The van der Waals surface area contributed by atoms with E-state index >= 15 is 0 Å². The van der Waals surface area contributed by atoms with E-state index in [1.807, 2.05) is 23.9 Å². The number of nitrogen functional groups attached to an aromatic ring is 1. The predicted octanol–water partition coefficient (Wildman–Crippen LogP) is 6.58. The molecular weight excluding hydrogens is 483 g/mol. The predicted molar refractivity (Wildman–Crippen MR) is 137 cm³/mol. The number of likely N-dealkylation sites (tertiary alicyclic amines) is 1. The Bertz CT molecular complexity index is 1080. The van der Waals surface area contributed by atoms with Crippen LogP contribution in [0.1, 0.15) is 34.5 Å². The molecule has 168 valence electrons. The first-order valence-corrected chi connectivity index (χ1v) is 13.0. The first-order chi connectivity index (χ1) is 15.5. The fourth-order valence-electron chi connectivity index (χ4n) is 3.64. The van der Waals surface area contributed by atoms with E-state index in [0.29, 0.717) is 20.1 Å². The lowest BCUT2D eigenvalue weighted by Gasteiger charge is -2.26. The van der Waals surface area contributed by atoms with Crippen LogP contribution < -0.4 is 11.1 Å². The summed E-state index contributed by atoms with van der Waals surface area (Å²) in [5.41, 5.74) is 7.18.